The largest absolute Gasteiger partial charge is 0.350 e. The van der Waals surface area contributed by atoms with E-state index in [0.29, 0.717) is 11.6 Å². The molecule has 1 heterocycles. The van der Waals surface area contributed by atoms with Crippen molar-refractivity contribution in [3.05, 3.63) is 18.0 Å². The number of hydrogen-bond acceptors (Lipinski definition) is 5. The lowest BCUT2D eigenvalue weighted by Crippen LogP contribution is -2.42. The lowest BCUT2D eigenvalue weighted by Gasteiger charge is -2.29. The summed E-state index contributed by atoms with van der Waals surface area (Å²) in [7, 11) is 0. The average Bonchev–Trinajstić information content (AvgIpc) is 2.32. The third kappa shape index (κ3) is 2.47. The predicted molar refractivity (Wildman–Crippen MR) is 60.6 cm³/mol. The van der Waals surface area contributed by atoms with Gasteiger partial charge in [0.05, 0.1) is 0 Å². The Morgan fingerprint density at radius 3 is 3.00 bits per heavy atom. The van der Waals surface area contributed by atoms with Crippen molar-refractivity contribution >= 4 is 5.95 Å². The minimum Gasteiger partial charge on any atom is -0.350 e. The fraction of sp³-hybridized carbons (Fsp3) is 0.545. The van der Waals surface area contributed by atoms with Crippen LogP contribution in [-0.2, 0) is 0 Å². The molecular weight excluding hydrogens is 202 g/mol. The zero-order chi connectivity index (χ0) is 11.4. The van der Waals surface area contributed by atoms with Crippen LogP contribution in [0.15, 0.2) is 12.3 Å². The lowest BCUT2D eigenvalue weighted by atomic mass is 9.91. The van der Waals surface area contributed by atoms with Gasteiger partial charge < -0.3 is 11.1 Å². The number of hydrogen-bond donors (Lipinski definition) is 2. The molecule has 0 spiro atoms. The second-order valence-corrected chi connectivity index (χ2v) is 4.08. The Balaban J connectivity index is 2.05. The number of nitrogens with one attached hydrogen (secondary N) is 1. The molecule has 5 nitrogen and oxygen atoms in total. The molecule has 2 atom stereocenters. The van der Waals surface area contributed by atoms with Gasteiger partial charge in [-0.15, -0.1) is 0 Å². The van der Waals surface area contributed by atoms with Gasteiger partial charge in [0.1, 0.15) is 11.8 Å². The molecule has 1 fully saturated rings. The smallest absolute Gasteiger partial charge is 0.224 e. The van der Waals surface area contributed by atoms with E-state index < -0.39 is 0 Å². The van der Waals surface area contributed by atoms with Gasteiger partial charge in [0, 0.05) is 18.3 Å². The van der Waals surface area contributed by atoms with Crippen LogP contribution < -0.4 is 11.1 Å². The van der Waals surface area contributed by atoms with Crippen LogP contribution in [0.5, 0.6) is 0 Å². The van der Waals surface area contributed by atoms with E-state index in [0.717, 1.165) is 12.8 Å². The Morgan fingerprint density at radius 2 is 2.25 bits per heavy atom. The van der Waals surface area contributed by atoms with Gasteiger partial charge in [-0.25, -0.2) is 9.97 Å². The maximum Gasteiger partial charge on any atom is 0.224 e. The second kappa shape index (κ2) is 4.90. The summed E-state index contributed by atoms with van der Waals surface area (Å²) in [5.74, 6) is 0.501. The Hall–Kier alpha value is -1.67. The van der Waals surface area contributed by atoms with Gasteiger partial charge in [0.2, 0.25) is 5.95 Å². The van der Waals surface area contributed by atoms with E-state index in [4.69, 9.17) is 11.0 Å². The van der Waals surface area contributed by atoms with Gasteiger partial charge in [0.15, 0.2) is 0 Å². The highest BCUT2D eigenvalue weighted by molar-refractivity contribution is 5.31. The molecule has 16 heavy (non-hydrogen) atoms. The van der Waals surface area contributed by atoms with Crippen molar-refractivity contribution < 1.29 is 0 Å². The third-order valence-corrected chi connectivity index (χ3v) is 2.90. The van der Waals surface area contributed by atoms with Gasteiger partial charge in [-0.05, 0) is 18.9 Å². The topological polar surface area (TPSA) is 87.6 Å². The van der Waals surface area contributed by atoms with E-state index in [9.17, 15) is 0 Å². The van der Waals surface area contributed by atoms with Crippen LogP contribution in [-0.4, -0.2) is 22.1 Å². The number of nitrogens with two attached hydrogens (primary N) is 1. The van der Waals surface area contributed by atoms with E-state index in [1.54, 1.807) is 12.3 Å². The van der Waals surface area contributed by atoms with Crippen LogP contribution in [0.2, 0.25) is 0 Å². The van der Waals surface area contributed by atoms with Crippen LogP contribution in [0, 0.1) is 11.3 Å². The fourth-order valence-corrected chi connectivity index (χ4v) is 2.00. The van der Waals surface area contributed by atoms with Gasteiger partial charge in [-0.2, -0.15) is 5.26 Å². The first-order valence-corrected chi connectivity index (χ1v) is 5.55. The minimum atomic E-state index is 0.156. The Labute approximate surface area is 94.7 Å². The molecule has 1 saturated carbocycles. The number of aromatic nitrogens is 2. The molecule has 2 rings (SSSR count). The molecule has 1 aromatic heterocycles. The highest BCUT2D eigenvalue weighted by Crippen LogP contribution is 2.19. The van der Waals surface area contributed by atoms with Crippen molar-refractivity contribution in [1.82, 2.24) is 9.97 Å². The van der Waals surface area contributed by atoms with Crippen molar-refractivity contribution in [2.24, 2.45) is 5.73 Å². The molecule has 0 amide bonds. The molecule has 3 N–H and O–H groups in total. The third-order valence-electron chi connectivity index (χ3n) is 2.90. The van der Waals surface area contributed by atoms with Crippen molar-refractivity contribution in [2.45, 2.75) is 37.8 Å². The molecule has 0 radical (unpaired) electrons. The highest BCUT2D eigenvalue weighted by Gasteiger charge is 2.22. The summed E-state index contributed by atoms with van der Waals surface area (Å²) < 4.78 is 0. The van der Waals surface area contributed by atoms with E-state index in [1.807, 2.05) is 6.07 Å². The summed E-state index contributed by atoms with van der Waals surface area (Å²) in [6.07, 6.45) is 6.04. The first-order valence-electron chi connectivity index (χ1n) is 5.55. The Bertz CT molecular complexity index is 398. The van der Waals surface area contributed by atoms with Gasteiger partial charge in [-0.1, -0.05) is 12.8 Å². The van der Waals surface area contributed by atoms with Crippen molar-refractivity contribution in [1.29, 1.82) is 5.26 Å². The van der Waals surface area contributed by atoms with Crippen molar-refractivity contribution in [3.63, 3.8) is 0 Å². The van der Waals surface area contributed by atoms with Crippen LogP contribution in [0.25, 0.3) is 0 Å². The number of rotatable bonds is 2. The van der Waals surface area contributed by atoms with E-state index in [2.05, 4.69) is 15.3 Å². The van der Waals surface area contributed by atoms with E-state index >= 15 is 0 Å². The van der Waals surface area contributed by atoms with Crippen LogP contribution >= 0.6 is 0 Å². The second-order valence-electron chi connectivity index (χ2n) is 4.08. The Morgan fingerprint density at radius 1 is 1.44 bits per heavy atom. The zero-order valence-corrected chi connectivity index (χ0v) is 9.06. The Kier molecular flexibility index (Phi) is 3.32. The normalized spacial score (nSPS) is 24.8. The quantitative estimate of drug-likeness (QED) is 0.772. The fourth-order valence-electron chi connectivity index (χ4n) is 2.00. The van der Waals surface area contributed by atoms with Gasteiger partial charge >= 0.3 is 0 Å². The number of anilines is 1. The summed E-state index contributed by atoms with van der Waals surface area (Å²) in [5.41, 5.74) is 6.39. The van der Waals surface area contributed by atoms with E-state index in [-0.39, 0.29) is 12.1 Å². The van der Waals surface area contributed by atoms with Gasteiger partial charge in [0.25, 0.3) is 0 Å². The molecule has 1 aliphatic carbocycles. The van der Waals surface area contributed by atoms with Crippen LogP contribution in [0.1, 0.15) is 31.4 Å². The minimum absolute atomic E-state index is 0.156. The highest BCUT2D eigenvalue weighted by atomic mass is 15.1. The summed E-state index contributed by atoms with van der Waals surface area (Å²) in [4.78, 5) is 8.17. The number of nitriles is 1. The summed E-state index contributed by atoms with van der Waals surface area (Å²) >= 11 is 0. The van der Waals surface area contributed by atoms with Crippen LogP contribution in [0.3, 0.4) is 0 Å². The zero-order valence-electron chi connectivity index (χ0n) is 9.06. The molecule has 1 aliphatic rings. The molecule has 0 aliphatic heterocycles. The summed E-state index contributed by atoms with van der Waals surface area (Å²) in [6, 6.07) is 3.96. The predicted octanol–water partition coefficient (Wildman–Crippen LogP) is 1.03. The molecule has 84 valence electrons. The molecule has 0 bridgehead atoms. The van der Waals surface area contributed by atoms with Crippen LogP contribution in [0.4, 0.5) is 5.95 Å². The molecule has 5 heteroatoms. The van der Waals surface area contributed by atoms with Gasteiger partial charge in [-0.3, -0.25) is 0 Å². The maximum atomic E-state index is 8.73. The standard InChI is InChI=1S/C11H15N5/c12-7-8-5-6-14-11(15-8)16-10-4-2-1-3-9(10)13/h5-6,9-10H,1-4,13H2,(H,14,15,16)/t9-,10-/m1/s1. The molecule has 0 saturated heterocycles. The first kappa shape index (κ1) is 10.8. The maximum absolute atomic E-state index is 8.73. The average molecular weight is 217 g/mol. The SMILES string of the molecule is N#Cc1ccnc(N[C@@H]2CCCC[C@H]2N)n1. The summed E-state index contributed by atoms with van der Waals surface area (Å²) in [6.45, 7) is 0. The molecular formula is C11H15N5. The van der Waals surface area contributed by atoms with E-state index in [1.165, 1.54) is 12.8 Å². The van der Waals surface area contributed by atoms with Crippen molar-refractivity contribution in [3.8, 4) is 6.07 Å². The summed E-state index contributed by atoms with van der Waals surface area (Å²) in [5, 5.41) is 11.9. The lowest BCUT2D eigenvalue weighted by molar-refractivity contribution is 0.402. The molecule has 1 aromatic rings. The molecule has 0 unspecified atom stereocenters. The first-order chi connectivity index (χ1) is 7.79. The monoisotopic (exact) mass is 217 g/mol. The van der Waals surface area contributed by atoms with Crippen molar-refractivity contribution in [2.75, 3.05) is 5.32 Å². The molecule has 0 aromatic carbocycles. The number of nitrogens with zero attached hydrogens (tertiary/aromatic N) is 3.